The van der Waals surface area contributed by atoms with Crippen LogP contribution in [0.25, 0.3) is 0 Å². The normalized spacial score (nSPS) is 18.7. The summed E-state index contributed by atoms with van der Waals surface area (Å²) in [6, 6.07) is 6.52. The molecular formula is C18H23F3N4O2. The van der Waals surface area contributed by atoms with Crippen molar-refractivity contribution < 1.29 is 22.8 Å². The number of hydrogen-bond acceptors (Lipinski definition) is 3. The van der Waals surface area contributed by atoms with Crippen molar-refractivity contribution >= 4 is 17.6 Å². The number of hydrogen-bond donors (Lipinski definition) is 2. The Hall–Kier alpha value is -2.29. The lowest BCUT2D eigenvalue weighted by Gasteiger charge is -2.23. The predicted octanol–water partition coefficient (Wildman–Crippen LogP) is 2.68. The van der Waals surface area contributed by atoms with Gasteiger partial charge in [0.2, 0.25) is 0 Å². The average Bonchev–Trinajstić information content (AvgIpc) is 3.41. The number of carbonyl (C=O) groups excluding carboxylic acids is 2. The molecule has 0 unspecified atom stereocenters. The van der Waals surface area contributed by atoms with E-state index >= 15 is 0 Å². The summed E-state index contributed by atoms with van der Waals surface area (Å²) in [7, 11) is 0. The molecule has 0 radical (unpaired) electrons. The molecule has 0 atom stereocenters. The van der Waals surface area contributed by atoms with Crippen LogP contribution in [0.2, 0.25) is 0 Å². The monoisotopic (exact) mass is 384 g/mol. The minimum atomic E-state index is -4.23. The van der Waals surface area contributed by atoms with Gasteiger partial charge in [0.25, 0.3) is 5.91 Å². The third kappa shape index (κ3) is 6.13. The van der Waals surface area contributed by atoms with Gasteiger partial charge in [-0.05, 0) is 43.5 Å². The number of nitrogens with zero attached hydrogens (tertiary/aromatic N) is 2. The van der Waals surface area contributed by atoms with Crippen LogP contribution in [0, 0.1) is 0 Å². The fraction of sp³-hybridized carbons (Fsp3) is 0.556. The van der Waals surface area contributed by atoms with Crippen LogP contribution in [0.1, 0.15) is 29.6 Å². The molecule has 0 spiro atoms. The molecule has 2 N–H and O–H groups in total. The Morgan fingerprint density at radius 1 is 1.04 bits per heavy atom. The minimum absolute atomic E-state index is 0.201. The standard InChI is InChI=1S/C18H23F3N4O2/c19-18(20,21)12-24-8-1-9-25(11-10-24)16(26)13-2-4-14(5-3-13)22-17(27)23-15-6-7-15/h2-5,15H,1,6-12H2,(H2,22,23,27). The molecule has 9 heteroatoms. The fourth-order valence-electron chi connectivity index (χ4n) is 3.04. The summed E-state index contributed by atoms with van der Waals surface area (Å²) in [5.41, 5.74) is 1.03. The summed E-state index contributed by atoms with van der Waals surface area (Å²) in [6.07, 6.45) is -1.73. The van der Waals surface area contributed by atoms with E-state index in [9.17, 15) is 22.8 Å². The molecular weight excluding hydrogens is 361 g/mol. The van der Waals surface area contributed by atoms with Gasteiger partial charge in [-0.1, -0.05) is 0 Å². The molecule has 1 saturated carbocycles. The van der Waals surface area contributed by atoms with Crippen LogP contribution in [0.4, 0.5) is 23.7 Å². The van der Waals surface area contributed by atoms with Gasteiger partial charge in [-0.15, -0.1) is 0 Å². The second-order valence-electron chi connectivity index (χ2n) is 6.99. The number of alkyl halides is 3. The number of amides is 3. The van der Waals surface area contributed by atoms with Crippen molar-refractivity contribution in [3.8, 4) is 0 Å². The van der Waals surface area contributed by atoms with Crippen LogP contribution in [0.5, 0.6) is 0 Å². The summed E-state index contributed by atoms with van der Waals surface area (Å²) >= 11 is 0. The zero-order valence-corrected chi connectivity index (χ0v) is 14.9. The molecule has 2 fully saturated rings. The maximum Gasteiger partial charge on any atom is 0.401 e. The van der Waals surface area contributed by atoms with E-state index in [-0.39, 0.29) is 31.1 Å². The van der Waals surface area contributed by atoms with Gasteiger partial charge in [0.05, 0.1) is 6.54 Å². The Morgan fingerprint density at radius 3 is 2.37 bits per heavy atom. The van der Waals surface area contributed by atoms with E-state index in [0.29, 0.717) is 30.8 Å². The van der Waals surface area contributed by atoms with Crippen molar-refractivity contribution in [1.82, 2.24) is 15.1 Å². The van der Waals surface area contributed by atoms with Gasteiger partial charge < -0.3 is 15.5 Å². The highest BCUT2D eigenvalue weighted by Gasteiger charge is 2.32. The minimum Gasteiger partial charge on any atom is -0.337 e. The molecule has 3 amide bonds. The van der Waals surface area contributed by atoms with E-state index in [1.807, 2.05) is 0 Å². The van der Waals surface area contributed by atoms with E-state index < -0.39 is 12.7 Å². The van der Waals surface area contributed by atoms with Crippen LogP contribution < -0.4 is 10.6 Å². The molecule has 0 bridgehead atoms. The highest BCUT2D eigenvalue weighted by molar-refractivity contribution is 5.95. The SMILES string of the molecule is O=C(Nc1ccc(C(=O)N2CCCN(CC(F)(F)F)CC2)cc1)NC1CC1. The second kappa shape index (κ2) is 8.16. The molecule has 0 aromatic heterocycles. The largest absolute Gasteiger partial charge is 0.401 e. The van der Waals surface area contributed by atoms with Gasteiger partial charge >= 0.3 is 12.2 Å². The average molecular weight is 384 g/mol. The molecule has 3 rings (SSSR count). The number of nitrogens with one attached hydrogen (secondary N) is 2. The first-order chi connectivity index (χ1) is 12.8. The Morgan fingerprint density at radius 2 is 1.74 bits per heavy atom. The Balaban J connectivity index is 1.53. The van der Waals surface area contributed by atoms with Gasteiger partial charge in [-0.2, -0.15) is 13.2 Å². The molecule has 1 aliphatic carbocycles. The molecule has 1 aromatic carbocycles. The van der Waals surface area contributed by atoms with Crippen LogP contribution in [0.3, 0.4) is 0 Å². The van der Waals surface area contributed by atoms with Crippen molar-refractivity contribution in [2.75, 3.05) is 38.0 Å². The van der Waals surface area contributed by atoms with Crippen LogP contribution in [-0.4, -0.2) is 66.7 Å². The van der Waals surface area contributed by atoms with Crippen LogP contribution in [0.15, 0.2) is 24.3 Å². The number of rotatable bonds is 4. The first-order valence-electron chi connectivity index (χ1n) is 9.06. The number of halogens is 3. The molecule has 27 heavy (non-hydrogen) atoms. The molecule has 2 aliphatic rings. The lowest BCUT2D eigenvalue weighted by atomic mass is 10.1. The lowest BCUT2D eigenvalue weighted by molar-refractivity contribution is -0.145. The highest BCUT2D eigenvalue weighted by atomic mass is 19.4. The smallest absolute Gasteiger partial charge is 0.337 e. The quantitative estimate of drug-likeness (QED) is 0.839. The zero-order chi connectivity index (χ0) is 19.4. The van der Waals surface area contributed by atoms with E-state index in [4.69, 9.17) is 0 Å². The molecule has 6 nitrogen and oxygen atoms in total. The Bertz CT molecular complexity index is 674. The van der Waals surface area contributed by atoms with E-state index in [1.165, 1.54) is 4.90 Å². The molecule has 1 saturated heterocycles. The van der Waals surface area contributed by atoms with Gasteiger partial charge in [-0.3, -0.25) is 9.69 Å². The Labute approximate surface area is 155 Å². The zero-order valence-electron chi connectivity index (χ0n) is 14.9. The molecule has 1 aliphatic heterocycles. The van der Waals surface area contributed by atoms with Gasteiger partial charge in [0, 0.05) is 43.5 Å². The van der Waals surface area contributed by atoms with Crippen molar-refractivity contribution in [2.24, 2.45) is 0 Å². The van der Waals surface area contributed by atoms with E-state index in [0.717, 1.165) is 12.8 Å². The van der Waals surface area contributed by atoms with Crippen molar-refractivity contribution in [3.63, 3.8) is 0 Å². The number of benzene rings is 1. The third-order valence-electron chi connectivity index (χ3n) is 4.58. The van der Waals surface area contributed by atoms with Gasteiger partial charge in [0.1, 0.15) is 0 Å². The molecule has 148 valence electrons. The van der Waals surface area contributed by atoms with Gasteiger partial charge in [0.15, 0.2) is 0 Å². The van der Waals surface area contributed by atoms with Gasteiger partial charge in [-0.25, -0.2) is 4.79 Å². The third-order valence-corrected chi connectivity index (χ3v) is 4.58. The highest BCUT2D eigenvalue weighted by Crippen LogP contribution is 2.20. The summed E-state index contributed by atoms with van der Waals surface area (Å²) in [5, 5.41) is 5.52. The van der Waals surface area contributed by atoms with Crippen molar-refractivity contribution in [1.29, 1.82) is 0 Å². The first kappa shape index (κ1) is 19.5. The summed E-state index contributed by atoms with van der Waals surface area (Å²) in [4.78, 5) is 27.2. The van der Waals surface area contributed by atoms with Crippen molar-refractivity contribution in [3.05, 3.63) is 29.8 Å². The summed E-state index contributed by atoms with van der Waals surface area (Å²) in [6.45, 7) is 0.266. The molecule has 1 aromatic rings. The lowest BCUT2D eigenvalue weighted by Crippen LogP contribution is -2.38. The molecule has 1 heterocycles. The van der Waals surface area contributed by atoms with E-state index in [2.05, 4.69) is 10.6 Å². The predicted molar refractivity (Wildman–Crippen MR) is 94.6 cm³/mol. The second-order valence-corrected chi connectivity index (χ2v) is 6.99. The topological polar surface area (TPSA) is 64.7 Å². The maximum atomic E-state index is 12.6. The first-order valence-corrected chi connectivity index (χ1v) is 9.06. The summed E-state index contributed by atoms with van der Waals surface area (Å²) in [5.74, 6) is -0.210. The van der Waals surface area contributed by atoms with E-state index in [1.54, 1.807) is 29.2 Å². The van der Waals surface area contributed by atoms with Crippen LogP contribution >= 0.6 is 0 Å². The summed E-state index contributed by atoms with van der Waals surface area (Å²) < 4.78 is 37.6. The Kier molecular flexibility index (Phi) is 5.88. The number of urea groups is 1. The van der Waals surface area contributed by atoms with Crippen molar-refractivity contribution in [2.45, 2.75) is 31.5 Å². The number of carbonyl (C=O) groups is 2. The number of anilines is 1. The fourth-order valence-corrected chi connectivity index (χ4v) is 3.04. The van der Waals surface area contributed by atoms with Crippen LogP contribution in [-0.2, 0) is 0 Å². The maximum absolute atomic E-state index is 12.6.